The van der Waals surface area contributed by atoms with Crippen molar-refractivity contribution in [3.8, 4) is 0 Å². The normalized spacial score (nSPS) is 9.69. The molecule has 6 heteroatoms. The summed E-state index contributed by atoms with van der Waals surface area (Å²) in [5.41, 5.74) is 1.64. The molecule has 1 aromatic carbocycles. The summed E-state index contributed by atoms with van der Waals surface area (Å²) >= 11 is 15.2. The van der Waals surface area contributed by atoms with E-state index in [1.165, 1.54) is 0 Å². The number of halogens is 2. The fraction of sp³-hybridized carbons (Fsp3) is 0.200. The Morgan fingerprint density at radius 1 is 1.44 bits per heavy atom. The third-order valence-electron chi connectivity index (χ3n) is 1.78. The molecular weight excluding hydrogens is 267 g/mol. The van der Waals surface area contributed by atoms with Gasteiger partial charge in [-0.3, -0.25) is 4.79 Å². The molecule has 0 radical (unpaired) electrons. The molecule has 0 unspecified atom stereocenters. The first-order valence-corrected chi connectivity index (χ1v) is 5.64. The molecule has 0 spiro atoms. The number of amides is 1. The van der Waals surface area contributed by atoms with Crippen LogP contribution in [0.2, 0.25) is 0 Å². The average Bonchev–Trinajstić information content (AvgIpc) is 2.28. The molecule has 0 aliphatic carbocycles. The summed E-state index contributed by atoms with van der Waals surface area (Å²) in [6.07, 6.45) is 0. The molecular formula is C10H8Cl2N2OS. The van der Waals surface area contributed by atoms with Crippen LogP contribution in [0.15, 0.2) is 29.3 Å². The van der Waals surface area contributed by atoms with Crippen molar-refractivity contribution in [3.63, 3.8) is 0 Å². The topological polar surface area (TPSA) is 41.5 Å². The Balaban J connectivity index is 2.55. The number of alkyl halides is 2. The summed E-state index contributed by atoms with van der Waals surface area (Å²) in [7, 11) is 0. The number of nitrogens with zero attached hydrogens (tertiary/aromatic N) is 1. The van der Waals surface area contributed by atoms with Gasteiger partial charge in [-0.25, -0.2) is 0 Å². The molecule has 0 heterocycles. The number of nitrogens with one attached hydrogen (secondary N) is 1. The van der Waals surface area contributed by atoms with Gasteiger partial charge >= 0.3 is 0 Å². The Morgan fingerprint density at radius 3 is 2.56 bits per heavy atom. The molecule has 16 heavy (non-hydrogen) atoms. The van der Waals surface area contributed by atoms with Crippen LogP contribution in [-0.4, -0.2) is 15.9 Å². The van der Waals surface area contributed by atoms with Crippen LogP contribution in [0, 0.1) is 0 Å². The molecule has 84 valence electrons. The zero-order valence-corrected chi connectivity index (χ0v) is 10.4. The van der Waals surface area contributed by atoms with Crippen LogP contribution >= 0.6 is 35.4 Å². The second kappa shape index (κ2) is 6.61. The second-order valence-corrected chi connectivity index (χ2v) is 4.17. The Kier molecular flexibility index (Phi) is 5.43. The van der Waals surface area contributed by atoms with Crippen molar-refractivity contribution in [2.75, 3.05) is 0 Å². The molecule has 0 aliphatic rings. The third-order valence-corrected chi connectivity index (χ3v) is 2.26. The Hall–Kier alpha value is -0.930. The maximum atomic E-state index is 11.1. The van der Waals surface area contributed by atoms with Gasteiger partial charge in [0, 0.05) is 6.54 Å². The standard InChI is InChI=1S/C10H8Cl2N2OS/c11-9(12)10(15)13-5-7-1-3-8(4-2-7)14-6-16/h1-4,9H,5H2,(H,13,15). The van der Waals surface area contributed by atoms with Crippen molar-refractivity contribution in [1.82, 2.24) is 5.32 Å². The van der Waals surface area contributed by atoms with Crippen LogP contribution in [0.25, 0.3) is 0 Å². The van der Waals surface area contributed by atoms with Crippen molar-refractivity contribution >= 4 is 52.2 Å². The van der Waals surface area contributed by atoms with Crippen LogP contribution in [-0.2, 0) is 11.3 Å². The van der Waals surface area contributed by atoms with E-state index in [1.807, 2.05) is 12.1 Å². The van der Waals surface area contributed by atoms with Gasteiger partial charge in [-0.05, 0) is 29.9 Å². The number of isothiocyanates is 1. The summed E-state index contributed by atoms with van der Waals surface area (Å²) in [6.45, 7) is 0.371. The van der Waals surface area contributed by atoms with Gasteiger partial charge in [0.15, 0.2) is 4.84 Å². The van der Waals surface area contributed by atoms with Crippen molar-refractivity contribution < 1.29 is 4.79 Å². The number of rotatable bonds is 4. The molecule has 0 saturated heterocycles. The number of thiocarbonyl (C=S) groups is 1. The summed E-state index contributed by atoms with van der Waals surface area (Å²) in [5, 5.41) is 4.85. The van der Waals surface area contributed by atoms with E-state index < -0.39 is 10.7 Å². The van der Waals surface area contributed by atoms with Crippen LogP contribution < -0.4 is 5.32 Å². The fourth-order valence-electron chi connectivity index (χ4n) is 1.01. The molecule has 1 aromatic rings. The predicted molar refractivity (Wildman–Crippen MR) is 68.5 cm³/mol. The third kappa shape index (κ3) is 4.29. The van der Waals surface area contributed by atoms with Gasteiger partial charge in [0.05, 0.1) is 10.8 Å². The van der Waals surface area contributed by atoms with Gasteiger partial charge in [0.1, 0.15) is 0 Å². The van der Waals surface area contributed by atoms with E-state index in [1.54, 1.807) is 12.1 Å². The van der Waals surface area contributed by atoms with Gasteiger partial charge in [0.2, 0.25) is 0 Å². The molecule has 0 bridgehead atoms. The largest absolute Gasteiger partial charge is 0.350 e. The van der Waals surface area contributed by atoms with E-state index in [-0.39, 0.29) is 0 Å². The van der Waals surface area contributed by atoms with E-state index in [4.69, 9.17) is 23.2 Å². The number of carbonyl (C=O) groups is 1. The summed E-state index contributed by atoms with van der Waals surface area (Å²) in [5.74, 6) is -0.413. The van der Waals surface area contributed by atoms with Crippen molar-refractivity contribution in [2.45, 2.75) is 11.4 Å². The summed E-state index contributed by atoms with van der Waals surface area (Å²) < 4.78 is 0. The van der Waals surface area contributed by atoms with Crippen LogP contribution in [0.5, 0.6) is 0 Å². The predicted octanol–water partition coefficient (Wildman–Crippen LogP) is 2.84. The number of benzene rings is 1. The van der Waals surface area contributed by atoms with Crippen LogP contribution in [0.1, 0.15) is 5.56 Å². The minimum absolute atomic E-state index is 0.371. The highest BCUT2D eigenvalue weighted by Crippen LogP contribution is 2.12. The number of hydrogen-bond acceptors (Lipinski definition) is 3. The summed E-state index contributed by atoms with van der Waals surface area (Å²) in [4.78, 5) is 13.8. The molecule has 1 N–H and O–H groups in total. The highest BCUT2D eigenvalue weighted by Gasteiger charge is 2.09. The molecule has 0 fully saturated rings. The zero-order chi connectivity index (χ0) is 12.0. The van der Waals surface area contributed by atoms with Gasteiger partial charge < -0.3 is 5.32 Å². The lowest BCUT2D eigenvalue weighted by Gasteiger charge is -2.05. The van der Waals surface area contributed by atoms with E-state index in [0.29, 0.717) is 6.54 Å². The van der Waals surface area contributed by atoms with E-state index in [2.05, 4.69) is 27.7 Å². The maximum absolute atomic E-state index is 11.1. The first kappa shape index (κ1) is 13.1. The van der Waals surface area contributed by atoms with Gasteiger partial charge in [-0.1, -0.05) is 35.3 Å². The lowest BCUT2D eigenvalue weighted by Crippen LogP contribution is -2.27. The quantitative estimate of drug-likeness (QED) is 0.521. The lowest BCUT2D eigenvalue weighted by molar-refractivity contribution is -0.119. The maximum Gasteiger partial charge on any atom is 0.253 e. The van der Waals surface area contributed by atoms with Gasteiger partial charge in [-0.15, -0.1) is 0 Å². The minimum Gasteiger partial charge on any atom is -0.350 e. The zero-order valence-electron chi connectivity index (χ0n) is 8.11. The van der Waals surface area contributed by atoms with Crippen LogP contribution in [0.4, 0.5) is 5.69 Å². The van der Waals surface area contributed by atoms with Crippen LogP contribution in [0.3, 0.4) is 0 Å². The molecule has 3 nitrogen and oxygen atoms in total. The highest BCUT2D eigenvalue weighted by atomic mass is 35.5. The Bertz CT molecular complexity index is 413. The molecule has 1 rings (SSSR count). The van der Waals surface area contributed by atoms with Crippen molar-refractivity contribution in [1.29, 1.82) is 0 Å². The van der Waals surface area contributed by atoms with Gasteiger partial charge in [-0.2, -0.15) is 4.99 Å². The molecule has 1 amide bonds. The first-order chi connectivity index (χ1) is 7.63. The second-order valence-electron chi connectivity index (χ2n) is 2.89. The first-order valence-electron chi connectivity index (χ1n) is 4.36. The Morgan fingerprint density at radius 2 is 2.06 bits per heavy atom. The highest BCUT2D eigenvalue weighted by molar-refractivity contribution is 7.78. The van der Waals surface area contributed by atoms with E-state index in [9.17, 15) is 4.79 Å². The smallest absolute Gasteiger partial charge is 0.253 e. The number of aliphatic imine (C=N–C) groups is 1. The SMILES string of the molecule is O=C(NCc1ccc(N=C=S)cc1)C(Cl)Cl. The monoisotopic (exact) mass is 274 g/mol. The fourth-order valence-corrected chi connectivity index (χ4v) is 1.27. The minimum atomic E-state index is -1.04. The average molecular weight is 275 g/mol. The molecule has 0 aromatic heterocycles. The molecule has 0 atom stereocenters. The Labute approximate surface area is 108 Å². The van der Waals surface area contributed by atoms with Gasteiger partial charge in [0.25, 0.3) is 5.91 Å². The van der Waals surface area contributed by atoms with E-state index in [0.717, 1.165) is 11.3 Å². The summed E-state index contributed by atoms with van der Waals surface area (Å²) in [6, 6.07) is 7.20. The van der Waals surface area contributed by atoms with Crippen molar-refractivity contribution in [3.05, 3.63) is 29.8 Å². The van der Waals surface area contributed by atoms with E-state index >= 15 is 0 Å². The number of carbonyl (C=O) groups excluding carboxylic acids is 1. The molecule has 0 saturated carbocycles. The number of hydrogen-bond donors (Lipinski definition) is 1. The lowest BCUT2D eigenvalue weighted by atomic mass is 10.2. The molecule has 0 aliphatic heterocycles. The van der Waals surface area contributed by atoms with Crippen molar-refractivity contribution in [2.24, 2.45) is 4.99 Å².